The summed E-state index contributed by atoms with van der Waals surface area (Å²) in [4.78, 5) is 73.4. The van der Waals surface area contributed by atoms with Gasteiger partial charge >= 0.3 is 23.9 Å². The molecular weight excluding hydrogens is 845 g/mol. The summed E-state index contributed by atoms with van der Waals surface area (Å²) in [6.07, 6.45) is 32.0. The molecule has 4 N–H and O–H groups in total. The molecule has 0 fully saturated rings. The van der Waals surface area contributed by atoms with E-state index < -0.39 is 35.9 Å². The minimum absolute atomic E-state index is 0.0405. The molecule has 1 unspecified atom stereocenters. The van der Waals surface area contributed by atoms with Crippen molar-refractivity contribution in [2.45, 2.75) is 238 Å². The number of ether oxygens (including phenoxy) is 2. The molecule has 372 valence electrons. The van der Waals surface area contributed by atoms with Crippen molar-refractivity contribution < 1.29 is 48.5 Å². The van der Waals surface area contributed by atoms with E-state index >= 15 is 0 Å². The lowest BCUT2D eigenvalue weighted by molar-refractivity contribution is -0.168. The van der Waals surface area contributed by atoms with Crippen LogP contribution in [0.4, 0.5) is 0 Å². The molecule has 0 aromatic heterocycles. The Morgan fingerprint density at radius 1 is 0.600 bits per heavy atom. The molecule has 2 amide bonds. The Balaban J connectivity index is 2.52. The minimum Gasteiger partial charge on any atom is -0.481 e. The van der Waals surface area contributed by atoms with Crippen LogP contribution < -0.4 is 10.6 Å². The summed E-state index contributed by atoms with van der Waals surface area (Å²) in [6.45, 7) is 6.46. The Hall–Kier alpha value is -3.61. The number of aliphatic carboxylic acids is 2. The number of benzene rings is 1. The molecule has 0 spiro atoms. The molecule has 0 bridgehead atoms. The molecular formula is C52H88N2O10S. The Bertz CT molecular complexity index is 1440. The molecule has 0 saturated heterocycles. The number of amides is 2. The second kappa shape index (κ2) is 39.5. The van der Waals surface area contributed by atoms with E-state index in [0.717, 1.165) is 44.1 Å². The molecule has 2 atom stereocenters. The Labute approximate surface area is 396 Å². The van der Waals surface area contributed by atoms with E-state index in [1.54, 1.807) is 19.1 Å². The van der Waals surface area contributed by atoms with Crippen LogP contribution in [-0.4, -0.2) is 75.7 Å². The Morgan fingerprint density at radius 3 is 1.49 bits per heavy atom. The molecule has 1 aromatic carbocycles. The smallest absolute Gasteiger partial charge is 0.326 e. The van der Waals surface area contributed by atoms with Crippen molar-refractivity contribution in [2.75, 3.05) is 18.1 Å². The van der Waals surface area contributed by atoms with Crippen LogP contribution in [0.25, 0.3) is 0 Å². The van der Waals surface area contributed by atoms with Gasteiger partial charge in [0, 0.05) is 49.3 Å². The maximum absolute atomic E-state index is 13.1. The first-order valence-electron chi connectivity index (χ1n) is 25.4. The third kappa shape index (κ3) is 34.4. The Morgan fingerprint density at radius 2 is 1.05 bits per heavy atom. The fraction of sp³-hybridized carbons (Fsp3) is 0.769. The number of hydrogen-bond acceptors (Lipinski definition) is 9. The summed E-state index contributed by atoms with van der Waals surface area (Å²) in [7, 11) is 0. The van der Waals surface area contributed by atoms with Gasteiger partial charge in [-0.05, 0) is 43.9 Å². The molecule has 65 heavy (non-hydrogen) atoms. The zero-order valence-corrected chi connectivity index (χ0v) is 41.5. The van der Waals surface area contributed by atoms with Gasteiger partial charge in [0.1, 0.15) is 12.6 Å². The van der Waals surface area contributed by atoms with Crippen molar-refractivity contribution >= 4 is 47.5 Å². The first-order valence-corrected chi connectivity index (χ1v) is 26.6. The van der Waals surface area contributed by atoms with Gasteiger partial charge in [0.15, 0.2) is 5.60 Å². The number of carboxylic acid groups (broad SMARTS) is 2. The molecule has 0 radical (unpaired) electrons. The number of carbonyl (C=O) groups excluding carboxylic acids is 4. The summed E-state index contributed by atoms with van der Waals surface area (Å²) < 4.78 is 11.7. The predicted octanol–water partition coefficient (Wildman–Crippen LogP) is 12.3. The molecule has 0 aliphatic rings. The number of carboxylic acids is 2. The highest BCUT2D eigenvalue weighted by molar-refractivity contribution is 7.99. The van der Waals surface area contributed by atoms with Crippen molar-refractivity contribution in [2.24, 2.45) is 0 Å². The highest BCUT2D eigenvalue weighted by atomic mass is 32.2. The SMILES string of the molecule is CCCCCCCCCCCCCCCC(=O)OCC(C)(CSCCC(=O)NCc1ccc(C(=O)N[C@@H](CCC(=O)O)C(=O)O)cc1)OC(=O)CCCCCCCCCCCCCCC. The van der Waals surface area contributed by atoms with Crippen LogP contribution >= 0.6 is 11.8 Å². The molecule has 0 aliphatic heterocycles. The van der Waals surface area contributed by atoms with Crippen LogP contribution in [0, 0.1) is 0 Å². The quantitative estimate of drug-likeness (QED) is 0.0360. The van der Waals surface area contributed by atoms with Crippen molar-refractivity contribution in [3.05, 3.63) is 35.4 Å². The number of rotatable bonds is 44. The summed E-state index contributed by atoms with van der Waals surface area (Å²) in [6, 6.07) is 4.98. The third-order valence-corrected chi connectivity index (χ3v) is 13.0. The molecule has 13 heteroatoms. The Kier molecular flexibility index (Phi) is 36.1. The molecule has 1 rings (SSSR count). The van der Waals surface area contributed by atoms with E-state index in [-0.39, 0.29) is 49.4 Å². The maximum atomic E-state index is 13.1. The fourth-order valence-corrected chi connectivity index (χ4v) is 8.64. The topological polar surface area (TPSA) is 185 Å². The summed E-state index contributed by atoms with van der Waals surface area (Å²) in [5, 5.41) is 23.4. The van der Waals surface area contributed by atoms with Crippen LogP contribution in [0.5, 0.6) is 0 Å². The fourth-order valence-electron chi connectivity index (χ4n) is 7.59. The largest absolute Gasteiger partial charge is 0.481 e. The lowest BCUT2D eigenvalue weighted by Gasteiger charge is -2.29. The number of nitrogens with one attached hydrogen (secondary N) is 2. The van der Waals surface area contributed by atoms with Crippen molar-refractivity contribution in [3.8, 4) is 0 Å². The standard InChI is InChI=1S/C52H88N2O10S/c1-4-6-8-10-12-14-16-18-20-22-24-26-28-30-48(58)63-41-52(3,64-49(59)31-29-27-25-23-21-19-17-15-13-11-9-7-5-2)42-65-39-38-46(55)53-40-43-32-34-44(35-33-43)50(60)54-45(51(61)62)36-37-47(56)57/h32-35,45H,4-31,36-42H2,1-3H3,(H,53,55)(H,54,60)(H,56,57)(H,61,62)/t45-,52?/m0/s1. The van der Waals surface area contributed by atoms with Gasteiger partial charge in [0.2, 0.25) is 5.91 Å². The number of thioether (sulfide) groups is 1. The van der Waals surface area contributed by atoms with E-state index in [0.29, 0.717) is 24.3 Å². The maximum Gasteiger partial charge on any atom is 0.326 e. The number of unbranched alkanes of at least 4 members (excludes halogenated alkanes) is 24. The summed E-state index contributed by atoms with van der Waals surface area (Å²) in [5.41, 5.74) is -0.0990. The van der Waals surface area contributed by atoms with E-state index in [9.17, 15) is 33.9 Å². The van der Waals surface area contributed by atoms with Crippen LogP contribution in [0.15, 0.2) is 24.3 Å². The van der Waals surface area contributed by atoms with Crippen LogP contribution in [0.2, 0.25) is 0 Å². The summed E-state index contributed by atoms with van der Waals surface area (Å²) >= 11 is 1.46. The number of hydrogen-bond donors (Lipinski definition) is 4. The predicted molar refractivity (Wildman–Crippen MR) is 262 cm³/mol. The summed E-state index contributed by atoms with van der Waals surface area (Å²) in [5.74, 6) is -3.07. The molecule has 0 heterocycles. The average molecular weight is 933 g/mol. The molecule has 12 nitrogen and oxygen atoms in total. The first-order chi connectivity index (χ1) is 31.4. The van der Waals surface area contributed by atoms with E-state index in [1.165, 1.54) is 152 Å². The highest BCUT2D eigenvalue weighted by Crippen LogP contribution is 2.22. The lowest BCUT2D eigenvalue weighted by atomic mass is 10.0. The zero-order valence-electron chi connectivity index (χ0n) is 40.7. The van der Waals surface area contributed by atoms with E-state index in [1.807, 2.05) is 0 Å². The average Bonchev–Trinajstić information content (AvgIpc) is 3.28. The van der Waals surface area contributed by atoms with Crippen LogP contribution in [0.1, 0.15) is 236 Å². The zero-order chi connectivity index (χ0) is 47.8. The molecule has 0 saturated carbocycles. The van der Waals surface area contributed by atoms with Crippen molar-refractivity contribution in [3.63, 3.8) is 0 Å². The van der Waals surface area contributed by atoms with Crippen LogP contribution in [-0.2, 0) is 40.0 Å². The number of esters is 2. The van der Waals surface area contributed by atoms with Gasteiger partial charge in [-0.15, -0.1) is 0 Å². The van der Waals surface area contributed by atoms with Gasteiger partial charge in [-0.2, -0.15) is 11.8 Å². The van der Waals surface area contributed by atoms with Gasteiger partial charge in [0.25, 0.3) is 5.91 Å². The molecule has 0 aliphatic carbocycles. The van der Waals surface area contributed by atoms with E-state index in [4.69, 9.17) is 14.6 Å². The van der Waals surface area contributed by atoms with Gasteiger partial charge in [-0.25, -0.2) is 4.79 Å². The van der Waals surface area contributed by atoms with Crippen molar-refractivity contribution in [1.82, 2.24) is 10.6 Å². The normalized spacial score (nSPS) is 12.5. The van der Waals surface area contributed by atoms with Gasteiger partial charge < -0.3 is 30.3 Å². The number of carbonyl (C=O) groups is 6. The van der Waals surface area contributed by atoms with Gasteiger partial charge in [-0.1, -0.05) is 180 Å². The van der Waals surface area contributed by atoms with Crippen LogP contribution in [0.3, 0.4) is 0 Å². The lowest BCUT2D eigenvalue weighted by Crippen LogP contribution is -2.41. The van der Waals surface area contributed by atoms with E-state index in [2.05, 4.69) is 24.5 Å². The van der Waals surface area contributed by atoms with Crippen molar-refractivity contribution in [1.29, 1.82) is 0 Å². The second-order valence-electron chi connectivity index (χ2n) is 18.1. The molecule has 1 aromatic rings. The first kappa shape index (κ1) is 59.4. The second-order valence-corrected chi connectivity index (χ2v) is 19.2. The van der Waals surface area contributed by atoms with Gasteiger partial charge in [0.05, 0.1) is 0 Å². The monoisotopic (exact) mass is 933 g/mol. The van der Waals surface area contributed by atoms with Gasteiger partial charge in [-0.3, -0.25) is 24.0 Å². The third-order valence-electron chi connectivity index (χ3n) is 11.7. The highest BCUT2D eigenvalue weighted by Gasteiger charge is 2.31. The minimum atomic E-state index is -1.33.